The van der Waals surface area contributed by atoms with Crippen LogP contribution < -0.4 is 4.74 Å². The second-order valence-electron chi connectivity index (χ2n) is 6.12. The first-order valence-corrected chi connectivity index (χ1v) is 10.6. The molecule has 1 aromatic carbocycles. The van der Waals surface area contributed by atoms with Crippen LogP contribution in [-0.4, -0.2) is 23.7 Å². The maximum atomic E-state index is 5.80. The van der Waals surface area contributed by atoms with Crippen molar-refractivity contribution in [3.05, 3.63) is 63.2 Å². The molecule has 6 heteroatoms. The molecule has 0 radical (unpaired) electrons. The summed E-state index contributed by atoms with van der Waals surface area (Å²) in [5.41, 5.74) is 3.35. The van der Waals surface area contributed by atoms with E-state index in [9.17, 15) is 0 Å². The van der Waals surface area contributed by atoms with Gasteiger partial charge in [0.2, 0.25) is 5.88 Å². The van der Waals surface area contributed by atoms with Gasteiger partial charge in [-0.2, -0.15) is 0 Å². The number of methoxy groups -OCH3 is 1. The maximum absolute atomic E-state index is 5.80. The van der Waals surface area contributed by atoms with Gasteiger partial charge in [-0.3, -0.25) is 4.98 Å². The van der Waals surface area contributed by atoms with E-state index in [0.29, 0.717) is 13.2 Å². The van der Waals surface area contributed by atoms with Gasteiger partial charge in [0.05, 0.1) is 18.6 Å². The Kier molecular flexibility index (Phi) is 7.38. The van der Waals surface area contributed by atoms with Crippen LogP contribution in [0.3, 0.4) is 0 Å². The van der Waals surface area contributed by atoms with E-state index in [1.807, 2.05) is 24.4 Å². The van der Waals surface area contributed by atoms with Crippen molar-refractivity contribution in [1.82, 2.24) is 9.97 Å². The number of thiazole rings is 1. The molecule has 0 aliphatic heterocycles. The summed E-state index contributed by atoms with van der Waals surface area (Å²) in [4.78, 5) is 10.2. The summed E-state index contributed by atoms with van der Waals surface area (Å²) in [5, 5.41) is 0.981. The molecule has 0 fully saturated rings. The third-order valence-electron chi connectivity index (χ3n) is 4.16. The summed E-state index contributed by atoms with van der Waals surface area (Å²) in [7, 11) is 1.68. The fraction of sp³-hybridized carbons (Fsp3) is 0.333. The molecule has 0 unspecified atom stereocenters. The van der Waals surface area contributed by atoms with Crippen LogP contribution >= 0.6 is 27.3 Å². The number of benzene rings is 1. The molecule has 4 nitrogen and oxygen atoms in total. The van der Waals surface area contributed by atoms with Gasteiger partial charge in [0.1, 0.15) is 5.01 Å². The lowest BCUT2D eigenvalue weighted by molar-refractivity contribution is 0.118. The number of pyridine rings is 1. The SMILES string of the molecule is CCc1cc(-c2nc(OC)c(CCCOCc3ccc(Br)cc3)s2)ccn1. The van der Waals surface area contributed by atoms with Crippen LogP contribution in [0.4, 0.5) is 0 Å². The monoisotopic (exact) mass is 446 g/mol. The Bertz CT molecular complexity index is 865. The summed E-state index contributed by atoms with van der Waals surface area (Å²) >= 11 is 5.13. The van der Waals surface area contributed by atoms with E-state index in [1.165, 1.54) is 5.56 Å². The smallest absolute Gasteiger partial charge is 0.228 e. The van der Waals surface area contributed by atoms with Gasteiger partial charge in [-0.25, -0.2) is 4.98 Å². The Balaban J connectivity index is 1.55. The normalized spacial score (nSPS) is 10.9. The minimum Gasteiger partial charge on any atom is -0.480 e. The maximum Gasteiger partial charge on any atom is 0.228 e. The third kappa shape index (κ3) is 5.61. The average molecular weight is 447 g/mol. The molecule has 0 amide bonds. The van der Waals surface area contributed by atoms with Crippen molar-refractivity contribution >= 4 is 27.3 Å². The predicted molar refractivity (Wildman–Crippen MR) is 113 cm³/mol. The van der Waals surface area contributed by atoms with Gasteiger partial charge < -0.3 is 9.47 Å². The van der Waals surface area contributed by atoms with Gasteiger partial charge in [0, 0.05) is 28.5 Å². The second kappa shape index (κ2) is 9.97. The first-order valence-electron chi connectivity index (χ1n) is 9.00. The number of halogens is 1. The molecule has 0 atom stereocenters. The van der Waals surface area contributed by atoms with Crippen LogP contribution in [0.15, 0.2) is 47.1 Å². The van der Waals surface area contributed by atoms with Gasteiger partial charge in [0.15, 0.2) is 0 Å². The fourth-order valence-electron chi connectivity index (χ4n) is 2.69. The molecule has 2 heterocycles. The minimum atomic E-state index is 0.634. The van der Waals surface area contributed by atoms with E-state index in [0.717, 1.165) is 50.8 Å². The number of hydrogen-bond acceptors (Lipinski definition) is 5. The number of ether oxygens (including phenoxy) is 2. The standard InChI is InChI=1S/C21H23BrN2O2S/c1-3-18-13-16(10-11-23-18)21-24-20(25-2)19(27-21)5-4-12-26-14-15-6-8-17(22)9-7-15/h6-11,13H,3-5,12,14H2,1-2H3. The van der Waals surface area contributed by atoms with Gasteiger partial charge in [0.25, 0.3) is 0 Å². The lowest BCUT2D eigenvalue weighted by Crippen LogP contribution is -1.97. The Labute approximate surface area is 172 Å². The molecule has 0 bridgehead atoms. The van der Waals surface area contributed by atoms with Crippen LogP contribution in [0.1, 0.15) is 29.5 Å². The molecule has 2 aromatic heterocycles. The Morgan fingerprint density at radius 3 is 2.70 bits per heavy atom. The number of aromatic nitrogens is 2. The first kappa shape index (κ1) is 20.0. The zero-order valence-corrected chi connectivity index (χ0v) is 18.0. The summed E-state index contributed by atoms with van der Waals surface area (Å²) < 4.78 is 12.4. The van der Waals surface area contributed by atoms with E-state index in [4.69, 9.17) is 9.47 Å². The van der Waals surface area contributed by atoms with Gasteiger partial charge in [-0.15, -0.1) is 11.3 Å². The molecule has 0 aliphatic rings. The van der Waals surface area contributed by atoms with E-state index in [-0.39, 0.29) is 0 Å². The van der Waals surface area contributed by atoms with Gasteiger partial charge in [-0.05, 0) is 49.1 Å². The van der Waals surface area contributed by atoms with E-state index >= 15 is 0 Å². The van der Waals surface area contributed by atoms with Crippen LogP contribution in [-0.2, 0) is 24.2 Å². The summed E-state index contributed by atoms with van der Waals surface area (Å²) in [6, 6.07) is 12.3. The predicted octanol–water partition coefficient (Wildman–Crippen LogP) is 5.69. The fourth-order valence-corrected chi connectivity index (χ4v) is 4.02. The number of aryl methyl sites for hydroxylation is 2. The first-order chi connectivity index (χ1) is 13.2. The highest BCUT2D eigenvalue weighted by molar-refractivity contribution is 9.10. The van der Waals surface area contributed by atoms with Crippen LogP contribution in [0, 0.1) is 0 Å². The van der Waals surface area contributed by atoms with Crippen LogP contribution in [0.2, 0.25) is 0 Å². The molecule has 142 valence electrons. The largest absolute Gasteiger partial charge is 0.480 e. The van der Waals surface area contributed by atoms with Gasteiger partial charge in [-0.1, -0.05) is 35.0 Å². The Morgan fingerprint density at radius 2 is 1.96 bits per heavy atom. The topological polar surface area (TPSA) is 44.2 Å². The molecule has 0 spiro atoms. The average Bonchev–Trinajstić information content (AvgIpc) is 3.12. The quantitative estimate of drug-likeness (QED) is 0.396. The zero-order valence-electron chi connectivity index (χ0n) is 15.6. The Hall–Kier alpha value is -1.76. The lowest BCUT2D eigenvalue weighted by atomic mass is 10.2. The van der Waals surface area contributed by atoms with E-state index in [2.05, 4.69) is 51.0 Å². The summed E-state index contributed by atoms with van der Waals surface area (Å²) in [5.74, 6) is 0.720. The van der Waals surface area contributed by atoms with E-state index < -0.39 is 0 Å². The van der Waals surface area contributed by atoms with Crippen molar-refractivity contribution < 1.29 is 9.47 Å². The van der Waals surface area contributed by atoms with Crippen molar-refractivity contribution in [3.8, 4) is 16.5 Å². The van der Waals surface area contributed by atoms with Crippen LogP contribution in [0.5, 0.6) is 5.88 Å². The third-order valence-corrected chi connectivity index (χ3v) is 5.83. The van der Waals surface area contributed by atoms with Crippen molar-refractivity contribution in [3.63, 3.8) is 0 Å². The molecule has 0 aliphatic carbocycles. The highest BCUT2D eigenvalue weighted by atomic mass is 79.9. The molecule has 0 N–H and O–H groups in total. The molecular weight excluding hydrogens is 424 g/mol. The summed E-state index contributed by atoms with van der Waals surface area (Å²) in [6.07, 6.45) is 4.59. The number of hydrogen-bond donors (Lipinski definition) is 0. The number of nitrogens with zero attached hydrogens (tertiary/aromatic N) is 2. The molecular formula is C21H23BrN2O2S. The highest BCUT2D eigenvalue weighted by Crippen LogP contribution is 2.33. The van der Waals surface area contributed by atoms with E-state index in [1.54, 1.807) is 18.4 Å². The molecule has 0 saturated carbocycles. The lowest BCUT2D eigenvalue weighted by Gasteiger charge is -2.04. The second-order valence-corrected chi connectivity index (χ2v) is 8.12. The van der Waals surface area contributed by atoms with Crippen molar-refractivity contribution in [2.24, 2.45) is 0 Å². The zero-order chi connectivity index (χ0) is 19.1. The van der Waals surface area contributed by atoms with Crippen LogP contribution in [0.25, 0.3) is 10.6 Å². The number of rotatable bonds is 9. The highest BCUT2D eigenvalue weighted by Gasteiger charge is 2.13. The van der Waals surface area contributed by atoms with Crippen molar-refractivity contribution in [2.45, 2.75) is 32.8 Å². The van der Waals surface area contributed by atoms with Crippen molar-refractivity contribution in [2.75, 3.05) is 13.7 Å². The summed E-state index contributed by atoms with van der Waals surface area (Å²) in [6.45, 7) is 3.45. The molecule has 3 rings (SSSR count). The molecule has 3 aromatic rings. The van der Waals surface area contributed by atoms with Crippen molar-refractivity contribution in [1.29, 1.82) is 0 Å². The molecule has 0 saturated heterocycles. The minimum absolute atomic E-state index is 0.634. The van der Waals surface area contributed by atoms with Gasteiger partial charge >= 0.3 is 0 Å². The Morgan fingerprint density at radius 1 is 1.15 bits per heavy atom. The molecule has 27 heavy (non-hydrogen) atoms.